The smallest absolute Gasteiger partial charge is 0.104 e. The Morgan fingerprint density at radius 3 is 2.46 bits per heavy atom. The van der Waals surface area contributed by atoms with Crippen LogP contribution >= 0.6 is 0 Å². The van der Waals surface area contributed by atoms with Crippen molar-refractivity contribution in [1.82, 2.24) is 5.32 Å². The van der Waals surface area contributed by atoms with Gasteiger partial charge in [0.1, 0.15) is 5.54 Å². The number of nitrogens with one attached hydrogen (secondary N) is 1. The van der Waals surface area contributed by atoms with Gasteiger partial charge in [-0.15, -0.1) is 0 Å². The van der Waals surface area contributed by atoms with Crippen molar-refractivity contribution in [3.8, 4) is 6.07 Å². The standard InChI is InChI=1S/C11H20N2/c1-9(2)13-11(3,8-12)7-10-5-4-6-10/h9-10,13H,4-7H2,1-3H3. The monoisotopic (exact) mass is 180 g/mol. The maximum atomic E-state index is 9.09. The van der Waals surface area contributed by atoms with E-state index in [4.69, 9.17) is 5.26 Å². The molecule has 1 saturated carbocycles. The lowest BCUT2D eigenvalue weighted by Gasteiger charge is -2.34. The fourth-order valence-corrected chi connectivity index (χ4v) is 2.05. The Morgan fingerprint density at radius 1 is 1.54 bits per heavy atom. The molecule has 0 spiro atoms. The Bertz CT molecular complexity index is 201. The highest BCUT2D eigenvalue weighted by atomic mass is 15.0. The van der Waals surface area contributed by atoms with Gasteiger partial charge in [0, 0.05) is 6.04 Å². The van der Waals surface area contributed by atoms with Gasteiger partial charge in [-0.25, -0.2) is 0 Å². The van der Waals surface area contributed by atoms with E-state index in [1.165, 1.54) is 19.3 Å². The highest BCUT2D eigenvalue weighted by Crippen LogP contribution is 2.33. The van der Waals surface area contributed by atoms with Crippen LogP contribution in [0.15, 0.2) is 0 Å². The summed E-state index contributed by atoms with van der Waals surface area (Å²) < 4.78 is 0. The van der Waals surface area contributed by atoms with Gasteiger partial charge in [0.25, 0.3) is 0 Å². The molecule has 1 aliphatic rings. The van der Waals surface area contributed by atoms with Gasteiger partial charge in [0.15, 0.2) is 0 Å². The van der Waals surface area contributed by atoms with E-state index in [0.29, 0.717) is 6.04 Å². The van der Waals surface area contributed by atoms with Crippen LogP contribution in [0.25, 0.3) is 0 Å². The summed E-state index contributed by atoms with van der Waals surface area (Å²) in [4.78, 5) is 0. The molecule has 0 aromatic heterocycles. The Kier molecular flexibility index (Phi) is 3.33. The Hall–Kier alpha value is -0.550. The molecule has 0 saturated heterocycles. The van der Waals surface area contributed by atoms with E-state index in [9.17, 15) is 0 Å². The molecule has 0 radical (unpaired) electrons. The molecule has 0 aliphatic heterocycles. The SMILES string of the molecule is CC(C)NC(C)(C#N)CC1CCC1. The van der Waals surface area contributed by atoms with Gasteiger partial charge in [-0.1, -0.05) is 19.3 Å². The molecule has 1 N–H and O–H groups in total. The third-order valence-electron chi connectivity index (χ3n) is 2.78. The van der Waals surface area contributed by atoms with E-state index in [-0.39, 0.29) is 5.54 Å². The normalized spacial score (nSPS) is 22.1. The lowest BCUT2D eigenvalue weighted by molar-refractivity contribution is 0.229. The summed E-state index contributed by atoms with van der Waals surface area (Å²) in [5.41, 5.74) is -0.306. The van der Waals surface area contributed by atoms with Crippen LogP contribution < -0.4 is 5.32 Å². The zero-order valence-electron chi connectivity index (χ0n) is 8.93. The molecule has 74 valence electrons. The van der Waals surface area contributed by atoms with Gasteiger partial charge >= 0.3 is 0 Å². The van der Waals surface area contributed by atoms with E-state index in [0.717, 1.165) is 12.3 Å². The number of hydrogen-bond donors (Lipinski definition) is 1. The van der Waals surface area contributed by atoms with Gasteiger partial charge in [0.2, 0.25) is 0 Å². The second kappa shape index (κ2) is 4.11. The molecule has 1 unspecified atom stereocenters. The van der Waals surface area contributed by atoms with Crippen LogP contribution in [0.1, 0.15) is 46.5 Å². The maximum absolute atomic E-state index is 9.09. The second-order valence-corrected chi connectivity index (χ2v) is 4.74. The highest BCUT2D eigenvalue weighted by Gasteiger charge is 2.30. The molecule has 0 aromatic rings. The van der Waals surface area contributed by atoms with Gasteiger partial charge in [0.05, 0.1) is 6.07 Å². The molecule has 2 nitrogen and oxygen atoms in total. The minimum absolute atomic E-state index is 0.306. The first-order valence-electron chi connectivity index (χ1n) is 5.25. The zero-order chi connectivity index (χ0) is 9.90. The molecule has 0 amide bonds. The third-order valence-corrected chi connectivity index (χ3v) is 2.78. The summed E-state index contributed by atoms with van der Waals surface area (Å²) in [6.45, 7) is 6.21. The zero-order valence-corrected chi connectivity index (χ0v) is 8.93. The molecule has 1 aliphatic carbocycles. The predicted octanol–water partition coefficient (Wildman–Crippen LogP) is 2.46. The van der Waals surface area contributed by atoms with Gasteiger partial charge in [-0.05, 0) is 33.1 Å². The molecule has 1 atom stereocenters. The fraction of sp³-hybridized carbons (Fsp3) is 0.909. The molecule has 13 heavy (non-hydrogen) atoms. The van der Waals surface area contributed by atoms with Crippen molar-refractivity contribution in [2.75, 3.05) is 0 Å². The van der Waals surface area contributed by atoms with Crippen molar-refractivity contribution < 1.29 is 0 Å². The molecule has 0 bridgehead atoms. The maximum Gasteiger partial charge on any atom is 0.104 e. The van der Waals surface area contributed by atoms with Crippen LogP contribution in [0.5, 0.6) is 0 Å². The topological polar surface area (TPSA) is 35.8 Å². The Balaban J connectivity index is 2.43. The summed E-state index contributed by atoms with van der Waals surface area (Å²) in [7, 11) is 0. The van der Waals surface area contributed by atoms with E-state index >= 15 is 0 Å². The summed E-state index contributed by atoms with van der Waals surface area (Å²) >= 11 is 0. The van der Waals surface area contributed by atoms with E-state index in [2.05, 4.69) is 25.2 Å². The summed E-state index contributed by atoms with van der Waals surface area (Å²) in [6, 6.07) is 2.79. The second-order valence-electron chi connectivity index (χ2n) is 4.74. The third kappa shape index (κ3) is 3.00. The van der Waals surface area contributed by atoms with Crippen molar-refractivity contribution >= 4 is 0 Å². The number of nitrogens with zero attached hydrogens (tertiary/aromatic N) is 1. The lowest BCUT2D eigenvalue weighted by atomic mass is 9.77. The van der Waals surface area contributed by atoms with Crippen LogP contribution in [0.2, 0.25) is 0 Å². The Morgan fingerprint density at radius 2 is 2.15 bits per heavy atom. The van der Waals surface area contributed by atoms with Crippen LogP contribution in [0.4, 0.5) is 0 Å². The lowest BCUT2D eigenvalue weighted by Crippen LogP contribution is -2.46. The first-order chi connectivity index (χ1) is 6.06. The van der Waals surface area contributed by atoms with Crippen LogP contribution in [0.3, 0.4) is 0 Å². The van der Waals surface area contributed by atoms with E-state index < -0.39 is 0 Å². The van der Waals surface area contributed by atoms with Crippen molar-refractivity contribution in [3.05, 3.63) is 0 Å². The molecule has 0 aromatic carbocycles. The molecule has 0 heterocycles. The molecule has 1 rings (SSSR count). The number of rotatable bonds is 4. The fourth-order valence-electron chi connectivity index (χ4n) is 2.05. The van der Waals surface area contributed by atoms with Crippen molar-refractivity contribution in [3.63, 3.8) is 0 Å². The van der Waals surface area contributed by atoms with Crippen LogP contribution in [0, 0.1) is 17.2 Å². The minimum atomic E-state index is -0.306. The molecule has 1 fully saturated rings. The van der Waals surface area contributed by atoms with Crippen molar-refractivity contribution in [1.29, 1.82) is 5.26 Å². The largest absolute Gasteiger partial charge is 0.297 e. The molecular formula is C11H20N2. The van der Waals surface area contributed by atoms with Gasteiger partial charge < -0.3 is 0 Å². The highest BCUT2D eigenvalue weighted by molar-refractivity contribution is 5.05. The van der Waals surface area contributed by atoms with Crippen molar-refractivity contribution in [2.45, 2.75) is 58.0 Å². The first kappa shape index (κ1) is 10.5. The van der Waals surface area contributed by atoms with E-state index in [1.807, 2.05) is 6.92 Å². The molecule has 2 heteroatoms. The van der Waals surface area contributed by atoms with Gasteiger partial charge in [-0.3, -0.25) is 5.32 Å². The molecular weight excluding hydrogens is 160 g/mol. The quantitative estimate of drug-likeness (QED) is 0.721. The minimum Gasteiger partial charge on any atom is -0.297 e. The summed E-state index contributed by atoms with van der Waals surface area (Å²) in [5, 5.41) is 12.4. The van der Waals surface area contributed by atoms with E-state index in [1.54, 1.807) is 0 Å². The Labute approximate surface area is 81.3 Å². The number of nitriles is 1. The summed E-state index contributed by atoms with van der Waals surface area (Å²) in [6.07, 6.45) is 5.00. The average Bonchev–Trinajstić information content (AvgIpc) is 1.96. The first-order valence-corrected chi connectivity index (χ1v) is 5.25. The summed E-state index contributed by atoms with van der Waals surface area (Å²) in [5.74, 6) is 0.788. The van der Waals surface area contributed by atoms with Crippen LogP contribution in [-0.4, -0.2) is 11.6 Å². The van der Waals surface area contributed by atoms with Crippen LogP contribution in [-0.2, 0) is 0 Å². The van der Waals surface area contributed by atoms with Gasteiger partial charge in [-0.2, -0.15) is 5.26 Å². The predicted molar refractivity (Wildman–Crippen MR) is 54.2 cm³/mol. The van der Waals surface area contributed by atoms with Crippen molar-refractivity contribution in [2.24, 2.45) is 5.92 Å². The number of hydrogen-bond acceptors (Lipinski definition) is 2. The average molecular weight is 180 g/mol.